The monoisotopic (exact) mass is 408 g/mol. The lowest BCUT2D eigenvalue weighted by atomic mass is 9.73. The van der Waals surface area contributed by atoms with Crippen molar-refractivity contribution in [2.45, 2.75) is 85.4 Å². The molecule has 1 N–H and O–H groups in total. The molecule has 0 fully saturated rings. The Hall–Kier alpha value is -0.990. The maximum absolute atomic E-state index is 13.0. The number of esters is 1. The number of aliphatic hydroxyl groups is 1. The second kappa shape index (κ2) is 8.57. The van der Waals surface area contributed by atoms with Gasteiger partial charge in [0, 0.05) is 6.42 Å². The molecule has 162 valence electrons. The average Bonchev–Trinajstić information content (AvgIpc) is 2.42. The van der Waals surface area contributed by atoms with Gasteiger partial charge in [-0.15, -0.1) is 0 Å². The predicted molar refractivity (Wildman–Crippen MR) is 88.8 cm³/mol. The van der Waals surface area contributed by atoms with Crippen molar-refractivity contribution in [1.29, 1.82) is 0 Å². The summed E-state index contributed by atoms with van der Waals surface area (Å²) in [4.78, 5) is 12.7. The van der Waals surface area contributed by atoms with Crippen LogP contribution in [0.5, 0.6) is 0 Å². The largest absolute Gasteiger partial charge is 0.462 e. The van der Waals surface area contributed by atoms with Crippen LogP contribution in [0, 0.1) is 23.2 Å². The maximum Gasteiger partial charge on any atom is 0.426 e. The highest BCUT2D eigenvalue weighted by atomic mass is 19.4. The van der Waals surface area contributed by atoms with Gasteiger partial charge in [0.1, 0.15) is 6.10 Å². The van der Waals surface area contributed by atoms with Crippen LogP contribution in [0.15, 0.2) is 0 Å². The van der Waals surface area contributed by atoms with E-state index in [1.165, 1.54) is 13.8 Å². The molecule has 27 heavy (non-hydrogen) atoms. The summed E-state index contributed by atoms with van der Waals surface area (Å²) in [7, 11) is 0. The fourth-order valence-electron chi connectivity index (χ4n) is 2.77. The Bertz CT molecular complexity index is 482. The third-order valence-electron chi connectivity index (χ3n) is 5.01. The quantitative estimate of drug-likeness (QED) is 0.426. The minimum Gasteiger partial charge on any atom is -0.462 e. The number of hydrogen-bond acceptors (Lipinski definition) is 3. The summed E-state index contributed by atoms with van der Waals surface area (Å²) in [6.07, 6.45) is -15.1. The molecule has 0 bridgehead atoms. The Morgan fingerprint density at radius 2 is 1.30 bits per heavy atom. The van der Waals surface area contributed by atoms with Gasteiger partial charge in [-0.3, -0.25) is 4.79 Å². The lowest BCUT2D eigenvalue weighted by Gasteiger charge is -2.38. The van der Waals surface area contributed by atoms with E-state index in [-0.39, 0.29) is 11.8 Å². The van der Waals surface area contributed by atoms with Gasteiger partial charge in [-0.25, -0.2) is 0 Å². The summed E-state index contributed by atoms with van der Waals surface area (Å²) >= 11 is 0. The molecule has 0 spiro atoms. The summed E-state index contributed by atoms with van der Waals surface area (Å²) in [5, 5.41) is 9.43. The summed E-state index contributed by atoms with van der Waals surface area (Å²) < 4.78 is 83.0. The first-order chi connectivity index (χ1) is 11.8. The topological polar surface area (TPSA) is 46.5 Å². The summed E-state index contributed by atoms with van der Waals surface area (Å²) in [5.74, 6) is -1.91. The van der Waals surface area contributed by atoms with Crippen LogP contribution in [0.4, 0.5) is 26.3 Å². The number of hydrogen-bond donors (Lipinski definition) is 1. The molecule has 0 saturated carbocycles. The molecule has 0 radical (unpaired) electrons. The van der Waals surface area contributed by atoms with Crippen molar-refractivity contribution in [3.8, 4) is 0 Å². The van der Waals surface area contributed by atoms with E-state index in [0.717, 1.165) is 0 Å². The molecule has 0 rings (SSSR count). The lowest BCUT2D eigenvalue weighted by Crippen LogP contribution is -2.59. The van der Waals surface area contributed by atoms with Crippen LogP contribution < -0.4 is 0 Å². The fourth-order valence-corrected chi connectivity index (χ4v) is 2.77. The van der Waals surface area contributed by atoms with Crippen LogP contribution in [0.3, 0.4) is 0 Å². The maximum atomic E-state index is 13.0. The van der Waals surface area contributed by atoms with Crippen molar-refractivity contribution in [3.63, 3.8) is 0 Å². The van der Waals surface area contributed by atoms with Gasteiger partial charge in [-0.2, -0.15) is 26.3 Å². The van der Waals surface area contributed by atoms with E-state index in [1.807, 2.05) is 13.8 Å². The molecule has 9 heteroatoms. The first-order valence-electron chi connectivity index (χ1n) is 8.86. The molecule has 0 amide bonds. The Morgan fingerprint density at radius 1 is 0.889 bits per heavy atom. The summed E-state index contributed by atoms with van der Waals surface area (Å²) in [6.45, 7) is 11.4. The predicted octanol–water partition coefficient (Wildman–Crippen LogP) is 5.51. The van der Waals surface area contributed by atoms with E-state index in [9.17, 15) is 36.2 Å². The standard InChI is InChI=1S/C18H30F6O3/c1-10(2)8-15(7,12(5)6)14(25)27-13(11(3)4)9-16(26,17(19,20)21)18(22,23)24/h10-13,26H,8-9H2,1-7H3. The van der Waals surface area contributed by atoms with Crippen LogP contribution in [0.1, 0.15) is 61.3 Å². The number of ether oxygens (including phenoxy) is 1. The van der Waals surface area contributed by atoms with E-state index in [1.54, 1.807) is 20.8 Å². The van der Waals surface area contributed by atoms with Gasteiger partial charge in [-0.1, -0.05) is 41.5 Å². The Kier molecular flexibility index (Phi) is 8.26. The molecule has 0 aromatic heterocycles. The van der Waals surface area contributed by atoms with Gasteiger partial charge < -0.3 is 9.84 Å². The zero-order valence-corrected chi connectivity index (χ0v) is 16.8. The van der Waals surface area contributed by atoms with Crippen molar-refractivity contribution in [3.05, 3.63) is 0 Å². The van der Waals surface area contributed by atoms with Gasteiger partial charge in [0.15, 0.2) is 0 Å². The molecule has 0 aromatic carbocycles. The number of carbonyl (C=O) groups excluding carboxylic acids is 1. The van der Waals surface area contributed by atoms with Gasteiger partial charge in [-0.05, 0) is 31.1 Å². The van der Waals surface area contributed by atoms with Gasteiger partial charge in [0.05, 0.1) is 5.41 Å². The lowest BCUT2D eigenvalue weighted by molar-refractivity contribution is -0.374. The molecule has 0 aliphatic rings. The average molecular weight is 408 g/mol. The highest BCUT2D eigenvalue weighted by molar-refractivity contribution is 5.77. The first-order valence-corrected chi connectivity index (χ1v) is 8.86. The zero-order valence-electron chi connectivity index (χ0n) is 16.8. The van der Waals surface area contributed by atoms with Gasteiger partial charge in [0.25, 0.3) is 5.60 Å². The van der Waals surface area contributed by atoms with E-state index in [4.69, 9.17) is 4.74 Å². The normalized spacial score (nSPS) is 17.4. The highest BCUT2D eigenvalue weighted by Crippen LogP contribution is 2.47. The van der Waals surface area contributed by atoms with E-state index < -0.39 is 47.8 Å². The second-order valence-corrected chi connectivity index (χ2v) is 8.42. The van der Waals surface area contributed by atoms with Crippen molar-refractivity contribution < 1.29 is 41.0 Å². The van der Waals surface area contributed by atoms with Crippen LogP contribution >= 0.6 is 0 Å². The molecule has 0 aliphatic heterocycles. The van der Waals surface area contributed by atoms with E-state index >= 15 is 0 Å². The second-order valence-electron chi connectivity index (χ2n) is 8.42. The third-order valence-corrected chi connectivity index (χ3v) is 5.01. The minimum absolute atomic E-state index is 0.0599. The summed E-state index contributed by atoms with van der Waals surface area (Å²) in [6, 6.07) is 0. The van der Waals surface area contributed by atoms with Crippen LogP contribution in [0.25, 0.3) is 0 Å². The van der Waals surface area contributed by atoms with Crippen LogP contribution in [-0.4, -0.2) is 35.1 Å². The smallest absolute Gasteiger partial charge is 0.426 e. The third kappa shape index (κ3) is 5.99. The number of carbonyl (C=O) groups is 1. The molecule has 0 heterocycles. The van der Waals surface area contributed by atoms with Gasteiger partial charge in [0.2, 0.25) is 0 Å². The van der Waals surface area contributed by atoms with Crippen LogP contribution in [-0.2, 0) is 9.53 Å². The molecule has 3 nitrogen and oxygen atoms in total. The molecular weight excluding hydrogens is 378 g/mol. The van der Waals surface area contributed by atoms with Crippen molar-refractivity contribution in [2.24, 2.45) is 23.2 Å². The van der Waals surface area contributed by atoms with Crippen molar-refractivity contribution in [2.75, 3.05) is 0 Å². The minimum atomic E-state index is -5.95. The molecule has 2 unspecified atom stereocenters. The molecule has 0 aromatic rings. The number of alkyl halides is 6. The van der Waals surface area contributed by atoms with Crippen molar-refractivity contribution >= 4 is 5.97 Å². The molecule has 0 aliphatic carbocycles. The number of rotatable bonds is 8. The van der Waals surface area contributed by atoms with E-state index in [2.05, 4.69) is 0 Å². The molecule has 2 atom stereocenters. The molecule has 0 saturated heterocycles. The Balaban J connectivity index is 5.79. The Morgan fingerprint density at radius 3 is 1.56 bits per heavy atom. The first kappa shape index (κ1) is 26.0. The van der Waals surface area contributed by atoms with Crippen molar-refractivity contribution in [1.82, 2.24) is 0 Å². The fraction of sp³-hybridized carbons (Fsp3) is 0.944. The SMILES string of the molecule is CC(C)CC(C)(C(=O)OC(CC(O)(C(F)(F)F)C(F)(F)F)C(C)C)C(C)C. The molecular formula is C18H30F6O3. The number of halogens is 6. The van der Waals surface area contributed by atoms with Crippen LogP contribution in [0.2, 0.25) is 0 Å². The summed E-state index contributed by atoms with van der Waals surface area (Å²) in [5.41, 5.74) is -6.03. The van der Waals surface area contributed by atoms with E-state index in [0.29, 0.717) is 6.42 Å². The van der Waals surface area contributed by atoms with Gasteiger partial charge >= 0.3 is 18.3 Å². The highest BCUT2D eigenvalue weighted by Gasteiger charge is 2.71. The Labute approximate surface area is 156 Å². The zero-order chi connectivity index (χ0) is 22.0.